The van der Waals surface area contributed by atoms with Crippen molar-refractivity contribution in [2.24, 2.45) is 5.92 Å². The molecule has 1 aromatic carbocycles. The van der Waals surface area contributed by atoms with Gasteiger partial charge >= 0.3 is 5.97 Å². The third kappa shape index (κ3) is 3.65. The quantitative estimate of drug-likeness (QED) is 0.825. The molecule has 0 aromatic heterocycles. The van der Waals surface area contributed by atoms with Crippen LogP contribution in [-0.4, -0.2) is 46.7 Å². The van der Waals surface area contributed by atoms with Crippen LogP contribution in [0.25, 0.3) is 0 Å². The third-order valence-corrected chi connectivity index (χ3v) is 3.48. The van der Waals surface area contributed by atoms with Crippen LogP contribution >= 0.6 is 0 Å². The molecule has 1 aliphatic heterocycles. The summed E-state index contributed by atoms with van der Waals surface area (Å²) < 4.78 is 5.00. The number of hydrogen-bond donors (Lipinski definition) is 2. The van der Waals surface area contributed by atoms with Crippen molar-refractivity contribution >= 4 is 11.9 Å². The van der Waals surface area contributed by atoms with Gasteiger partial charge in [0.25, 0.3) is 5.91 Å². The topological polar surface area (TPSA) is 87.1 Å². The smallest absolute Gasteiger partial charge is 0.310 e. The molecule has 1 heterocycles. The van der Waals surface area contributed by atoms with E-state index < -0.39 is 0 Å². The molecule has 1 fully saturated rings. The molecule has 0 spiro atoms. The first-order chi connectivity index (χ1) is 10.0. The van der Waals surface area contributed by atoms with Gasteiger partial charge in [-0.1, -0.05) is 0 Å². The second kappa shape index (κ2) is 6.47. The Balaban J connectivity index is 2.10. The number of benzene rings is 1. The largest absolute Gasteiger partial charge is 0.508 e. The average Bonchev–Trinajstić information content (AvgIpc) is 2.46. The van der Waals surface area contributed by atoms with Crippen molar-refractivity contribution in [3.63, 3.8) is 0 Å². The fourth-order valence-corrected chi connectivity index (χ4v) is 2.52. The van der Waals surface area contributed by atoms with Crippen molar-refractivity contribution in [3.8, 4) is 11.5 Å². The number of amides is 1. The Labute approximate surface area is 122 Å². The monoisotopic (exact) mass is 293 g/mol. The maximum absolute atomic E-state index is 12.4. The van der Waals surface area contributed by atoms with Crippen LogP contribution in [0.3, 0.4) is 0 Å². The van der Waals surface area contributed by atoms with E-state index in [2.05, 4.69) is 0 Å². The molecule has 1 saturated heterocycles. The molecule has 6 nitrogen and oxygen atoms in total. The summed E-state index contributed by atoms with van der Waals surface area (Å²) in [5, 5.41) is 18.9. The number of nitrogens with zero attached hydrogens (tertiary/aromatic N) is 1. The van der Waals surface area contributed by atoms with Crippen molar-refractivity contribution < 1.29 is 24.5 Å². The average molecular weight is 293 g/mol. The van der Waals surface area contributed by atoms with Crippen molar-refractivity contribution in [3.05, 3.63) is 23.8 Å². The summed E-state index contributed by atoms with van der Waals surface area (Å²) in [6.45, 7) is 2.92. The molecule has 0 unspecified atom stereocenters. The predicted molar refractivity (Wildman–Crippen MR) is 75.0 cm³/mol. The standard InChI is InChI=1S/C15H19NO5/c1-2-21-15(20)10-4-3-5-16(9-10)14(19)11-6-12(17)8-13(18)7-11/h6-8,10,17-18H,2-5,9H2,1H3/t10-/m1/s1. The van der Waals surface area contributed by atoms with Gasteiger partial charge in [-0.25, -0.2) is 0 Å². The van der Waals surface area contributed by atoms with E-state index >= 15 is 0 Å². The Morgan fingerprint density at radius 2 is 1.95 bits per heavy atom. The number of hydrogen-bond acceptors (Lipinski definition) is 5. The normalized spacial score (nSPS) is 18.3. The number of likely N-dealkylation sites (tertiary alicyclic amines) is 1. The Bertz CT molecular complexity index is 523. The highest BCUT2D eigenvalue weighted by Crippen LogP contribution is 2.24. The molecular weight excluding hydrogens is 274 g/mol. The molecule has 2 rings (SSSR count). The van der Waals surface area contributed by atoms with Crippen LogP contribution in [0.2, 0.25) is 0 Å². The van der Waals surface area contributed by atoms with Gasteiger partial charge in [-0.05, 0) is 31.9 Å². The molecule has 6 heteroatoms. The third-order valence-electron chi connectivity index (χ3n) is 3.48. The lowest BCUT2D eigenvalue weighted by molar-refractivity contribution is -0.149. The van der Waals surface area contributed by atoms with E-state index in [4.69, 9.17) is 4.74 Å². The van der Waals surface area contributed by atoms with Crippen LogP contribution in [0, 0.1) is 5.92 Å². The molecule has 2 N–H and O–H groups in total. The van der Waals surface area contributed by atoms with Gasteiger partial charge in [0.1, 0.15) is 11.5 Å². The Kier molecular flexibility index (Phi) is 4.67. The van der Waals surface area contributed by atoms with Gasteiger partial charge in [0.05, 0.1) is 12.5 Å². The number of aromatic hydroxyl groups is 2. The second-order valence-corrected chi connectivity index (χ2v) is 5.08. The van der Waals surface area contributed by atoms with Gasteiger partial charge in [-0.3, -0.25) is 9.59 Å². The van der Waals surface area contributed by atoms with E-state index in [0.717, 1.165) is 12.5 Å². The number of esters is 1. The highest BCUT2D eigenvalue weighted by Gasteiger charge is 2.30. The summed E-state index contributed by atoms with van der Waals surface area (Å²) in [4.78, 5) is 25.7. The molecule has 0 aliphatic carbocycles. The summed E-state index contributed by atoms with van der Waals surface area (Å²) in [5.41, 5.74) is 0.206. The molecule has 1 amide bonds. The lowest BCUT2D eigenvalue weighted by Gasteiger charge is -2.31. The fraction of sp³-hybridized carbons (Fsp3) is 0.467. The summed E-state index contributed by atoms with van der Waals surface area (Å²) in [5.74, 6) is -1.24. The summed E-state index contributed by atoms with van der Waals surface area (Å²) >= 11 is 0. The molecule has 21 heavy (non-hydrogen) atoms. The van der Waals surface area contributed by atoms with E-state index in [1.807, 2.05) is 0 Å². The van der Waals surface area contributed by atoms with Crippen LogP contribution in [-0.2, 0) is 9.53 Å². The first-order valence-electron chi connectivity index (χ1n) is 7.00. The van der Waals surface area contributed by atoms with E-state index in [9.17, 15) is 19.8 Å². The van der Waals surface area contributed by atoms with E-state index in [1.54, 1.807) is 11.8 Å². The summed E-state index contributed by atoms with van der Waals surface area (Å²) in [7, 11) is 0. The number of carbonyl (C=O) groups is 2. The van der Waals surface area contributed by atoms with E-state index in [0.29, 0.717) is 26.1 Å². The fourth-order valence-electron chi connectivity index (χ4n) is 2.52. The second-order valence-electron chi connectivity index (χ2n) is 5.08. The van der Waals surface area contributed by atoms with Crippen LogP contribution < -0.4 is 0 Å². The van der Waals surface area contributed by atoms with Crippen molar-refractivity contribution in [2.75, 3.05) is 19.7 Å². The van der Waals surface area contributed by atoms with Crippen LogP contribution in [0.5, 0.6) is 11.5 Å². The molecule has 0 saturated carbocycles. The zero-order valence-electron chi connectivity index (χ0n) is 11.9. The zero-order chi connectivity index (χ0) is 15.4. The maximum atomic E-state index is 12.4. The Morgan fingerprint density at radius 1 is 1.29 bits per heavy atom. The highest BCUT2D eigenvalue weighted by atomic mass is 16.5. The molecule has 0 bridgehead atoms. The van der Waals surface area contributed by atoms with Gasteiger partial charge in [-0.15, -0.1) is 0 Å². The van der Waals surface area contributed by atoms with Gasteiger partial charge in [0.15, 0.2) is 0 Å². The lowest BCUT2D eigenvalue weighted by atomic mass is 9.97. The molecular formula is C15H19NO5. The molecule has 1 aliphatic rings. The highest BCUT2D eigenvalue weighted by molar-refractivity contribution is 5.95. The lowest BCUT2D eigenvalue weighted by Crippen LogP contribution is -2.42. The number of phenols is 2. The number of ether oxygens (including phenoxy) is 1. The number of piperidine rings is 1. The summed E-state index contributed by atoms with van der Waals surface area (Å²) in [6.07, 6.45) is 1.42. The molecule has 1 aromatic rings. The Hall–Kier alpha value is -2.24. The SMILES string of the molecule is CCOC(=O)[C@@H]1CCCN(C(=O)c2cc(O)cc(O)c2)C1. The van der Waals surface area contributed by atoms with Crippen molar-refractivity contribution in [1.29, 1.82) is 0 Å². The molecule has 1 atom stereocenters. The van der Waals surface area contributed by atoms with Crippen LogP contribution in [0.1, 0.15) is 30.1 Å². The molecule has 0 radical (unpaired) electrons. The van der Waals surface area contributed by atoms with Crippen molar-refractivity contribution in [2.45, 2.75) is 19.8 Å². The van der Waals surface area contributed by atoms with Gasteiger partial charge in [0.2, 0.25) is 0 Å². The minimum Gasteiger partial charge on any atom is -0.508 e. The first kappa shape index (κ1) is 15.2. The predicted octanol–water partition coefficient (Wildman–Crippen LogP) is 1.51. The van der Waals surface area contributed by atoms with E-state index in [-0.39, 0.29) is 34.9 Å². The maximum Gasteiger partial charge on any atom is 0.310 e. The van der Waals surface area contributed by atoms with Gasteiger partial charge in [-0.2, -0.15) is 0 Å². The summed E-state index contributed by atoms with van der Waals surface area (Å²) in [6, 6.07) is 3.76. The number of phenolic OH excluding ortho intramolecular Hbond substituents is 2. The molecule has 114 valence electrons. The number of carbonyl (C=O) groups excluding carboxylic acids is 2. The first-order valence-corrected chi connectivity index (χ1v) is 7.00. The van der Waals surface area contributed by atoms with Crippen LogP contribution in [0.4, 0.5) is 0 Å². The van der Waals surface area contributed by atoms with E-state index in [1.165, 1.54) is 12.1 Å². The van der Waals surface area contributed by atoms with Gasteiger partial charge < -0.3 is 19.8 Å². The van der Waals surface area contributed by atoms with Gasteiger partial charge in [0, 0.05) is 24.7 Å². The Morgan fingerprint density at radius 3 is 2.57 bits per heavy atom. The zero-order valence-corrected chi connectivity index (χ0v) is 11.9. The van der Waals surface area contributed by atoms with Crippen LogP contribution in [0.15, 0.2) is 18.2 Å². The number of rotatable bonds is 3. The minimum absolute atomic E-state index is 0.169. The van der Waals surface area contributed by atoms with Crippen molar-refractivity contribution in [1.82, 2.24) is 4.90 Å². The minimum atomic E-state index is -0.312.